The number of aromatic nitrogens is 2. The molecule has 6 heteroatoms. The molecule has 0 fully saturated rings. The van der Waals surface area contributed by atoms with Gasteiger partial charge in [0.25, 0.3) is 5.95 Å². The second-order valence-corrected chi connectivity index (χ2v) is 6.69. The van der Waals surface area contributed by atoms with Crippen LogP contribution in [0.2, 0.25) is 5.02 Å². The average Bonchev–Trinajstić information content (AvgIpc) is 3.16. The fourth-order valence-corrected chi connectivity index (χ4v) is 2.81. The third-order valence-electron chi connectivity index (χ3n) is 4.20. The minimum absolute atomic E-state index is 0.155. The van der Waals surface area contributed by atoms with E-state index < -0.39 is 0 Å². The Hall–Kier alpha value is -3.70. The number of nitrogens with zero attached hydrogens (tertiary/aromatic N) is 4. The predicted octanol–water partition coefficient (Wildman–Crippen LogP) is 5.54. The second-order valence-electron chi connectivity index (χ2n) is 6.25. The van der Waals surface area contributed by atoms with Crippen LogP contribution in [0.15, 0.2) is 95.2 Å². The maximum atomic E-state index is 9.96. The molecule has 0 atom stereocenters. The fourth-order valence-electron chi connectivity index (χ4n) is 2.68. The van der Waals surface area contributed by atoms with E-state index in [1.165, 1.54) is 0 Å². The summed E-state index contributed by atoms with van der Waals surface area (Å²) in [6.45, 7) is 0. The Kier molecular flexibility index (Phi) is 5.49. The number of phenolic OH excluding ortho intramolecular Hbond substituents is 1. The highest BCUT2D eigenvalue weighted by Crippen LogP contribution is 2.23. The number of para-hydroxylation sites is 1. The number of rotatable bonds is 5. The second kappa shape index (κ2) is 8.54. The van der Waals surface area contributed by atoms with Crippen molar-refractivity contribution in [1.82, 2.24) is 9.66 Å². The highest BCUT2D eigenvalue weighted by atomic mass is 35.5. The Labute approximate surface area is 173 Å². The number of hydrogen-bond acceptors (Lipinski definition) is 4. The minimum atomic E-state index is 0.155. The van der Waals surface area contributed by atoms with E-state index in [1.807, 2.05) is 66.9 Å². The number of imidazole rings is 1. The molecule has 0 bridgehead atoms. The van der Waals surface area contributed by atoms with Crippen molar-refractivity contribution in [3.63, 3.8) is 0 Å². The molecule has 5 nitrogen and oxygen atoms in total. The summed E-state index contributed by atoms with van der Waals surface area (Å²) in [7, 11) is 0. The molecule has 1 N–H and O–H groups in total. The molecule has 0 spiro atoms. The van der Waals surface area contributed by atoms with Gasteiger partial charge in [-0.15, -0.1) is 0 Å². The first-order valence-corrected chi connectivity index (χ1v) is 9.34. The van der Waals surface area contributed by atoms with Crippen molar-refractivity contribution in [3.05, 3.63) is 101 Å². The molecule has 4 rings (SSSR count). The topological polar surface area (TPSA) is 62.8 Å². The Morgan fingerprint density at radius 1 is 0.862 bits per heavy atom. The van der Waals surface area contributed by atoms with Crippen LogP contribution < -0.4 is 0 Å². The molecule has 1 aromatic heterocycles. The van der Waals surface area contributed by atoms with Crippen molar-refractivity contribution in [2.45, 2.75) is 0 Å². The lowest BCUT2D eigenvalue weighted by Gasteiger charge is -1.98. The van der Waals surface area contributed by atoms with Crippen LogP contribution in [0.4, 0.5) is 5.95 Å². The molecular weight excluding hydrogens is 384 g/mol. The van der Waals surface area contributed by atoms with Crippen molar-refractivity contribution in [2.24, 2.45) is 10.1 Å². The summed E-state index contributed by atoms with van der Waals surface area (Å²) >= 11 is 5.94. The third-order valence-corrected chi connectivity index (χ3v) is 4.45. The zero-order chi connectivity index (χ0) is 20.1. The maximum Gasteiger partial charge on any atom is 0.251 e. The van der Waals surface area contributed by atoms with Gasteiger partial charge in [-0.05, 0) is 29.8 Å². The number of aliphatic imine (C=N–C) groups is 1. The molecule has 142 valence electrons. The summed E-state index contributed by atoms with van der Waals surface area (Å²) in [5, 5.41) is 15.1. The van der Waals surface area contributed by atoms with Gasteiger partial charge in [0.05, 0.1) is 18.1 Å². The Morgan fingerprint density at radius 3 is 2.34 bits per heavy atom. The Balaban J connectivity index is 1.71. The van der Waals surface area contributed by atoms with Gasteiger partial charge in [-0.2, -0.15) is 5.10 Å². The Bertz CT molecular complexity index is 1170. The molecule has 0 saturated heterocycles. The van der Waals surface area contributed by atoms with Crippen LogP contribution in [0.1, 0.15) is 11.1 Å². The van der Waals surface area contributed by atoms with Crippen LogP contribution in [-0.4, -0.2) is 27.2 Å². The van der Waals surface area contributed by atoms with Crippen molar-refractivity contribution >= 4 is 30.0 Å². The van der Waals surface area contributed by atoms with Gasteiger partial charge in [-0.3, -0.25) is 0 Å². The molecule has 0 aliphatic carbocycles. The SMILES string of the molecule is Oc1ccccc1/C=N/c1nc(-c2ccccc2)cn1/N=C\c1ccc(Cl)cc1. The number of benzene rings is 3. The van der Waals surface area contributed by atoms with E-state index in [0.29, 0.717) is 16.5 Å². The average molecular weight is 401 g/mol. The zero-order valence-electron chi connectivity index (χ0n) is 15.4. The lowest BCUT2D eigenvalue weighted by Crippen LogP contribution is -1.90. The lowest BCUT2D eigenvalue weighted by atomic mass is 10.2. The number of halogens is 1. The van der Waals surface area contributed by atoms with Crippen molar-refractivity contribution in [1.29, 1.82) is 0 Å². The van der Waals surface area contributed by atoms with E-state index in [4.69, 9.17) is 11.6 Å². The van der Waals surface area contributed by atoms with Crippen LogP contribution in [0.3, 0.4) is 0 Å². The van der Waals surface area contributed by atoms with Gasteiger partial charge in [0.2, 0.25) is 0 Å². The van der Waals surface area contributed by atoms with Gasteiger partial charge >= 0.3 is 0 Å². The molecule has 29 heavy (non-hydrogen) atoms. The number of hydrogen-bond donors (Lipinski definition) is 1. The molecule has 4 aromatic rings. The number of phenols is 1. The summed E-state index contributed by atoms with van der Waals surface area (Å²) in [4.78, 5) is 9.04. The van der Waals surface area contributed by atoms with Crippen LogP contribution in [-0.2, 0) is 0 Å². The van der Waals surface area contributed by atoms with Crippen molar-refractivity contribution in [3.8, 4) is 17.0 Å². The molecule has 0 unspecified atom stereocenters. The van der Waals surface area contributed by atoms with Gasteiger partial charge < -0.3 is 5.11 Å². The summed E-state index contributed by atoms with van der Waals surface area (Å²) < 4.78 is 1.60. The first-order valence-electron chi connectivity index (χ1n) is 8.96. The highest BCUT2D eigenvalue weighted by Gasteiger charge is 2.08. The summed E-state index contributed by atoms with van der Waals surface area (Å²) in [5.74, 6) is 0.555. The van der Waals surface area contributed by atoms with E-state index in [-0.39, 0.29) is 5.75 Å². The fraction of sp³-hybridized carbons (Fsp3) is 0. The first kappa shape index (κ1) is 18.7. The molecule has 0 amide bonds. The first-order chi connectivity index (χ1) is 14.2. The molecule has 1 heterocycles. The van der Waals surface area contributed by atoms with E-state index in [2.05, 4.69) is 15.1 Å². The molecular formula is C23H17ClN4O. The summed E-state index contributed by atoms with van der Waals surface area (Å²) in [5.41, 5.74) is 3.22. The molecule has 3 aromatic carbocycles. The third kappa shape index (κ3) is 4.59. The van der Waals surface area contributed by atoms with Gasteiger partial charge in [0.15, 0.2) is 0 Å². The van der Waals surface area contributed by atoms with Crippen molar-refractivity contribution < 1.29 is 5.11 Å². The standard InChI is InChI=1S/C23H17ClN4O/c24-20-12-10-17(11-13-20)14-26-28-16-21(18-6-2-1-3-7-18)27-23(28)25-15-19-8-4-5-9-22(19)29/h1-16,29H/b25-15+,26-14-. The maximum absolute atomic E-state index is 9.96. The van der Waals surface area contributed by atoms with E-state index in [1.54, 1.807) is 35.3 Å². The van der Waals surface area contributed by atoms with Gasteiger partial charge in [0, 0.05) is 22.4 Å². The smallest absolute Gasteiger partial charge is 0.251 e. The van der Waals surface area contributed by atoms with E-state index >= 15 is 0 Å². The number of aromatic hydroxyl groups is 1. The molecule has 0 aliphatic heterocycles. The summed E-state index contributed by atoms with van der Waals surface area (Å²) in [6.07, 6.45) is 5.10. The van der Waals surface area contributed by atoms with Crippen LogP contribution >= 0.6 is 11.6 Å². The Morgan fingerprint density at radius 2 is 1.59 bits per heavy atom. The summed E-state index contributed by atoms with van der Waals surface area (Å²) in [6, 6.07) is 24.2. The largest absolute Gasteiger partial charge is 0.507 e. The quantitative estimate of drug-likeness (QED) is 0.447. The highest BCUT2D eigenvalue weighted by molar-refractivity contribution is 6.30. The van der Waals surface area contributed by atoms with Gasteiger partial charge in [-0.25, -0.2) is 14.7 Å². The predicted molar refractivity (Wildman–Crippen MR) is 117 cm³/mol. The normalized spacial score (nSPS) is 11.5. The monoisotopic (exact) mass is 400 g/mol. The molecule has 0 saturated carbocycles. The molecule has 0 radical (unpaired) electrons. The van der Waals surface area contributed by atoms with Gasteiger partial charge in [0.1, 0.15) is 5.75 Å². The van der Waals surface area contributed by atoms with Crippen molar-refractivity contribution in [2.75, 3.05) is 0 Å². The zero-order valence-corrected chi connectivity index (χ0v) is 16.1. The van der Waals surface area contributed by atoms with E-state index in [0.717, 1.165) is 16.8 Å². The lowest BCUT2D eigenvalue weighted by molar-refractivity contribution is 0.474. The van der Waals surface area contributed by atoms with Crippen LogP contribution in [0.25, 0.3) is 11.3 Å². The van der Waals surface area contributed by atoms with Crippen LogP contribution in [0, 0.1) is 0 Å². The van der Waals surface area contributed by atoms with Gasteiger partial charge in [-0.1, -0.05) is 66.2 Å². The van der Waals surface area contributed by atoms with E-state index in [9.17, 15) is 5.11 Å². The van der Waals surface area contributed by atoms with Crippen LogP contribution in [0.5, 0.6) is 5.75 Å². The minimum Gasteiger partial charge on any atom is -0.507 e. The molecule has 0 aliphatic rings.